The molecule has 0 spiro atoms. The zero-order valence-corrected chi connectivity index (χ0v) is 6.69. The van der Waals surface area contributed by atoms with E-state index in [-0.39, 0.29) is 0 Å². The quantitative estimate of drug-likeness (QED) is 0.667. The molecule has 0 amide bonds. The highest BCUT2D eigenvalue weighted by Gasteiger charge is 2.05. The minimum Gasteiger partial charge on any atom is -0.497 e. The summed E-state index contributed by atoms with van der Waals surface area (Å²) in [4.78, 5) is 0. The Morgan fingerprint density at radius 1 is 1.58 bits per heavy atom. The first-order valence-electron chi connectivity index (χ1n) is 3.49. The number of hydrogen-bond acceptors (Lipinski definition) is 3. The summed E-state index contributed by atoms with van der Waals surface area (Å²) >= 11 is 0. The second-order valence-electron chi connectivity index (χ2n) is 2.31. The van der Waals surface area contributed by atoms with Gasteiger partial charge in [-0.25, -0.2) is 0 Å². The van der Waals surface area contributed by atoms with Crippen LogP contribution in [0, 0.1) is 11.3 Å². The van der Waals surface area contributed by atoms with Gasteiger partial charge in [-0.15, -0.1) is 0 Å². The standard InChI is InChI=1S/C9H9NO2/c1-12-8-4-2-3-7(5-8)9(11)6-10/h2-5,9,11H,1H3/t9-/m1/s1. The molecule has 12 heavy (non-hydrogen) atoms. The highest BCUT2D eigenvalue weighted by atomic mass is 16.5. The van der Waals surface area contributed by atoms with Crippen LogP contribution in [-0.2, 0) is 0 Å². The summed E-state index contributed by atoms with van der Waals surface area (Å²) in [7, 11) is 1.54. The molecule has 0 unspecified atom stereocenters. The van der Waals surface area contributed by atoms with Crippen molar-refractivity contribution >= 4 is 0 Å². The second kappa shape index (κ2) is 3.74. The van der Waals surface area contributed by atoms with E-state index in [0.717, 1.165) is 0 Å². The average Bonchev–Trinajstić information content (AvgIpc) is 2.17. The topological polar surface area (TPSA) is 53.2 Å². The molecule has 0 saturated heterocycles. The molecule has 0 aliphatic carbocycles. The number of rotatable bonds is 2. The summed E-state index contributed by atoms with van der Waals surface area (Å²) in [6, 6.07) is 8.53. The molecule has 1 atom stereocenters. The van der Waals surface area contributed by atoms with Crippen LogP contribution in [0.2, 0.25) is 0 Å². The van der Waals surface area contributed by atoms with E-state index in [9.17, 15) is 0 Å². The number of hydrogen-bond donors (Lipinski definition) is 1. The SMILES string of the molecule is COc1cccc([C@H](O)C#N)c1. The third-order valence-corrected chi connectivity index (χ3v) is 1.53. The zero-order chi connectivity index (χ0) is 8.97. The van der Waals surface area contributed by atoms with Crippen molar-refractivity contribution in [1.82, 2.24) is 0 Å². The fourth-order valence-electron chi connectivity index (χ4n) is 0.886. The lowest BCUT2D eigenvalue weighted by atomic mass is 10.1. The van der Waals surface area contributed by atoms with Crippen molar-refractivity contribution in [1.29, 1.82) is 5.26 Å². The molecule has 1 rings (SSSR count). The second-order valence-corrected chi connectivity index (χ2v) is 2.31. The van der Waals surface area contributed by atoms with E-state index in [2.05, 4.69) is 0 Å². The molecule has 1 aromatic rings. The lowest BCUT2D eigenvalue weighted by Crippen LogP contribution is -1.93. The van der Waals surface area contributed by atoms with Crippen LogP contribution in [0.15, 0.2) is 24.3 Å². The average molecular weight is 163 g/mol. The molecule has 0 aromatic heterocycles. The number of nitrogens with zero attached hydrogens (tertiary/aromatic N) is 1. The maximum atomic E-state index is 9.13. The van der Waals surface area contributed by atoms with Crippen LogP contribution in [0.25, 0.3) is 0 Å². The Hall–Kier alpha value is -1.53. The van der Waals surface area contributed by atoms with Crippen molar-refractivity contribution in [2.75, 3.05) is 7.11 Å². The Balaban J connectivity index is 2.95. The van der Waals surface area contributed by atoms with Crippen molar-refractivity contribution in [3.8, 4) is 11.8 Å². The number of aliphatic hydroxyl groups is 1. The number of ether oxygens (including phenoxy) is 1. The molecule has 0 saturated carbocycles. The van der Waals surface area contributed by atoms with Crippen LogP contribution in [0.3, 0.4) is 0 Å². The molecular weight excluding hydrogens is 154 g/mol. The van der Waals surface area contributed by atoms with Crippen molar-refractivity contribution in [2.45, 2.75) is 6.10 Å². The van der Waals surface area contributed by atoms with Crippen LogP contribution >= 0.6 is 0 Å². The summed E-state index contributed by atoms with van der Waals surface area (Å²) in [6.07, 6.45) is -1.07. The number of aliphatic hydroxyl groups excluding tert-OH is 1. The maximum absolute atomic E-state index is 9.13. The molecule has 0 aliphatic rings. The fourth-order valence-corrected chi connectivity index (χ4v) is 0.886. The van der Waals surface area contributed by atoms with Crippen molar-refractivity contribution in [2.24, 2.45) is 0 Å². The molecule has 1 aromatic carbocycles. The predicted molar refractivity (Wildman–Crippen MR) is 43.6 cm³/mol. The molecule has 0 heterocycles. The molecule has 0 fully saturated rings. The van der Waals surface area contributed by atoms with Crippen molar-refractivity contribution < 1.29 is 9.84 Å². The molecule has 62 valence electrons. The first-order chi connectivity index (χ1) is 5.77. The maximum Gasteiger partial charge on any atom is 0.166 e. The summed E-state index contributed by atoms with van der Waals surface area (Å²) in [5, 5.41) is 17.5. The molecule has 1 N–H and O–H groups in total. The number of methoxy groups -OCH3 is 1. The smallest absolute Gasteiger partial charge is 0.166 e. The van der Waals surface area contributed by atoms with E-state index in [1.807, 2.05) is 0 Å². The monoisotopic (exact) mass is 163 g/mol. The molecule has 3 nitrogen and oxygen atoms in total. The van der Waals surface area contributed by atoms with Gasteiger partial charge < -0.3 is 9.84 Å². The van der Waals surface area contributed by atoms with E-state index in [1.165, 1.54) is 7.11 Å². The van der Waals surface area contributed by atoms with Gasteiger partial charge in [-0.2, -0.15) is 5.26 Å². The lowest BCUT2D eigenvalue weighted by Gasteiger charge is -2.03. The van der Waals surface area contributed by atoms with Gasteiger partial charge in [0.25, 0.3) is 0 Å². The Morgan fingerprint density at radius 3 is 2.92 bits per heavy atom. The molecule has 0 radical (unpaired) electrons. The van der Waals surface area contributed by atoms with E-state index in [4.69, 9.17) is 15.1 Å². The van der Waals surface area contributed by atoms with Crippen LogP contribution in [0.5, 0.6) is 5.75 Å². The highest BCUT2D eigenvalue weighted by Crippen LogP contribution is 2.17. The van der Waals surface area contributed by atoms with Gasteiger partial charge in [0.2, 0.25) is 0 Å². The predicted octanol–water partition coefficient (Wildman–Crippen LogP) is 1.25. The summed E-state index contributed by atoms with van der Waals surface area (Å²) in [5.41, 5.74) is 0.553. The van der Waals surface area contributed by atoms with Gasteiger partial charge in [-0.1, -0.05) is 12.1 Å². The first kappa shape index (κ1) is 8.57. The van der Waals surface area contributed by atoms with Crippen molar-refractivity contribution in [3.63, 3.8) is 0 Å². The van der Waals surface area contributed by atoms with Crippen LogP contribution in [0.4, 0.5) is 0 Å². The molecule has 0 bridgehead atoms. The third-order valence-electron chi connectivity index (χ3n) is 1.53. The Labute approximate surface area is 70.8 Å². The van der Waals surface area contributed by atoms with E-state index in [1.54, 1.807) is 30.3 Å². The van der Waals surface area contributed by atoms with Gasteiger partial charge in [0, 0.05) is 0 Å². The van der Waals surface area contributed by atoms with Gasteiger partial charge >= 0.3 is 0 Å². The van der Waals surface area contributed by atoms with Gasteiger partial charge in [0.05, 0.1) is 13.2 Å². The molecule has 0 aliphatic heterocycles. The number of nitriles is 1. The Morgan fingerprint density at radius 2 is 2.33 bits per heavy atom. The summed E-state index contributed by atoms with van der Waals surface area (Å²) < 4.78 is 4.93. The fraction of sp³-hybridized carbons (Fsp3) is 0.222. The molecule has 3 heteroatoms. The van der Waals surface area contributed by atoms with E-state index >= 15 is 0 Å². The van der Waals surface area contributed by atoms with E-state index < -0.39 is 6.10 Å². The van der Waals surface area contributed by atoms with Gasteiger partial charge in [-0.3, -0.25) is 0 Å². The van der Waals surface area contributed by atoms with Crippen LogP contribution in [-0.4, -0.2) is 12.2 Å². The van der Waals surface area contributed by atoms with Gasteiger partial charge in [-0.05, 0) is 17.7 Å². The molecular formula is C9H9NO2. The Kier molecular flexibility index (Phi) is 2.67. The summed E-state index contributed by atoms with van der Waals surface area (Å²) in [6.45, 7) is 0. The normalized spacial score (nSPS) is 11.8. The highest BCUT2D eigenvalue weighted by molar-refractivity contribution is 5.31. The van der Waals surface area contributed by atoms with Crippen molar-refractivity contribution in [3.05, 3.63) is 29.8 Å². The third kappa shape index (κ3) is 1.74. The van der Waals surface area contributed by atoms with Gasteiger partial charge in [0.1, 0.15) is 5.75 Å². The van der Waals surface area contributed by atoms with E-state index in [0.29, 0.717) is 11.3 Å². The van der Waals surface area contributed by atoms with Gasteiger partial charge in [0.15, 0.2) is 6.10 Å². The lowest BCUT2D eigenvalue weighted by molar-refractivity contribution is 0.235. The first-order valence-corrected chi connectivity index (χ1v) is 3.49. The van der Waals surface area contributed by atoms with Crippen LogP contribution < -0.4 is 4.74 Å². The van der Waals surface area contributed by atoms with Crippen LogP contribution in [0.1, 0.15) is 11.7 Å². The summed E-state index contributed by atoms with van der Waals surface area (Å²) in [5.74, 6) is 0.641. The Bertz CT molecular complexity index is 304. The number of benzene rings is 1. The minimum absolute atomic E-state index is 0.553. The minimum atomic E-state index is -1.07. The zero-order valence-electron chi connectivity index (χ0n) is 6.69. The largest absolute Gasteiger partial charge is 0.497 e.